The van der Waals surface area contributed by atoms with Crippen LogP contribution in [0.1, 0.15) is 55.5 Å². The van der Waals surface area contributed by atoms with Gasteiger partial charge >= 0.3 is 12.2 Å². The molecule has 2 aliphatic rings. The minimum absolute atomic E-state index is 0.0737. The molecule has 0 saturated carbocycles. The summed E-state index contributed by atoms with van der Waals surface area (Å²) in [5.41, 5.74) is 6.79. The van der Waals surface area contributed by atoms with E-state index in [2.05, 4.69) is 32.0 Å². The number of nitriles is 1. The summed E-state index contributed by atoms with van der Waals surface area (Å²) in [6.07, 6.45) is -0.370. The van der Waals surface area contributed by atoms with E-state index in [1.807, 2.05) is 17.0 Å². The van der Waals surface area contributed by atoms with Gasteiger partial charge in [0, 0.05) is 58.4 Å². The van der Waals surface area contributed by atoms with Crippen LogP contribution < -0.4 is 31.5 Å². The molecule has 0 radical (unpaired) electrons. The molecule has 13 nitrogen and oxygen atoms in total. The molecule has 0 aliphatic carbocycles. The van der Waals surface area contributed by atoms with Crippen LogP contribution in [0, 0.1) is 22.7 Å². The SMILES string of the molecule is N#Cc1ccc(CCNC(=O)[C@@H]2CCN2c2cc(N3CCC(CCNC(=O)NCCOCCCC(=N)N)CC3)nc(C(F)(F)F)n2)cc1. The zero-order chi connectivity index (χ0) is 34.5. The van der Waals surface area contributed by atoms with E-state index in [0.717, 1.165) is 24.8 Å². The lowest BCUT2D eigenvalue weighted by Crippen LogP contribution is -2.57. The minimum atomic E-state index is -4.75. The molecule has 2 aliphatic heterocycles. The highest BCUT2D eigenvalue weighted by molar-refractivity contribution is 5.86. The number of alkyl halides is 3. The Labute approximate surface area is 277 Å². The van der Waals surface area contributed by atoms with Gasteiger partial charge < -0.3 is 36.2 Å². The van der Waals surface area contributed by atoms with Gasteiger partial charge in [0.1, 0.15) is 17.7 Å². The second-order valence-electron chi connectivity index (χ2n) is 11.9. The quantitative estimate of drug-likeness (QED) is 0.102. The maximum Gasteiger partial charge on any atom is 0.451 e. The predicted molar refractivity (Wildman–Crippen MR) is 174 cm³/mol. The Morgan fingerprint density at radius 1 is 1.00 bits per heavy atom. The molecular formula is C32H43F3N10O3. The van der Waals surface area contributed by atoms with Gasteiger partial charge in [-0.3, -0.25) is 10.2 Å². The van der Waals surface area contributed by atoms with Crippen LogP contribution in [0.25, 0.3) is 0 Å². The number of anilines is 2. The normalized spacial score (nSPS) is 16.5. The Morgan fingerprint density at radius 2 is 1.71 bits per heavy atom. The van der Waals surface area contributed by atoms with E-state index in [-0.39, 0.29) is 29.4 Å². The molecule has 3 amide bonds. The number of ether oxygens (including phenoxy) is 1. The van der Waals surface area contributed by atoms with Crippen molar-refractivity contribution in [2.24, 2.45) is 11.7 Å². The first-order chi connectivity index (χ1) is 23.0. The number of amidine groups is 1. The van der Waals surface area contributed by atoms with Crippen LogP contribution in [-0.4, -0.2) is 86.3 Å². The number of rotatable bonds is 16. The Balaban J connectivity index is 1.23. The van der Waals surface area contributed by atoms with Crippen molar-refractivity contribution in [3.63, 3.8) is 0 Å². The van der Waals surface area contributed by atoms with Gasteiger partial charge in [0.2, 0.25) is 11.7 Å². The van der Waals surface area contributed by atoms with Crippen LogP contribution >= 0.6 is 0 Å². The summed E-state index contributed by atoms with van der Waals surface area (Å²) in [5.74, 6) is -0.847. The summed E-state index contributed by atoms with van der Waals surface area (Å²) in [4.78, 5) is 36.1. The van der Waals surface area contributed by atoms with Gasteiger partial charge in [-0.2, -0.15) is 18.4 Å². The van der Waals surface area contributed by atoms with E-state index in [1.54, 1.807) is 17.0 Å². The molecule has 0 unspecified atom stereocenters. The monoisotopic (exact) mass is 672 g/mol. The van der Waals surface area contributed by atoms with E-state index in [4.69, 9.17) is 21.1 Å². The first-order valence-corrected chi connectivity index (χ1v) is 16.2. The molecule has 1 atom stereocenters. The highest BCUT2D eigenvalue weighted by Crippen LogP contribution is 2.34. The Hall–Kier alpha value is -4.65. The first-order valence-electron chi connectivity index (χ1n) is 16.2. The fraction of sp³-hybridized carbons (Fsp3) is 0.562. The smallest absolute Gasteiger partial charge is 0.388 e. The summed E-state index contributed by atoms with van der Waals surface area (Å²) in [6.45, 7) is 3.41. The lowest BCUT2D eigenvalue weighted by atomic mass is 9.93. The van der Waals surface area contributed by atoms with Crippen molar-refractivity contribution in [1.29, 1.82) is 10.7 Å². The topological polar surface area (TPSA) is 185 Å². The summed E-state index contributed by atoms with van der Waals surface area (Å²) in [5, 5.41) is 24.5. The lowest BCUT2D eigenvalue weighted by Gasteiger charge is -2.41. The molecule has 0 bridgehead atoms. The molecule has 1 aromatic heterocycles. The van der Waals surface area contributed by atoms with E-state index in [1.165, 1.54) is 6.07 Å². The molecule has 4 rings (SSSR count). The predicted octanol–water partition coefficient (Wildman–Crippen LogP) is 2.94. The second kappa shape index (κ2) is 17.5. The zero-order valence-electron chi connectivity index (χ0n) is 26.8. The summed E-state index contributed by atoms with van der Waals surface area (Å²) < 4.78 is 47.0. The van der Waals surface area contributed by atoms with Crippen LogP contribution in [0.2, 0.25) is 0 Å². The number of halogens is 3. The summed E-state index contributed by atoms with van der Waals surface area (Å²) >= 11 is 0. The Morgan fingerprint density at radius 3 is 2.35 bits per heavy atom. The highest BCUT2D eigenvalue weighted by atomic mass is 19.4. The molecule has 3 heterocycles. The fourth-order valence-electron chi connectivity index (χ4n) is 5.59. The van der Waals surface area contributed by atoms with Crippen LogP contribution in [0.15, 0.2) is 30.3 Å². The number of hydrogen-bond donors (Lipinski definition) is 5. The Bertz CT molecular complexity index is 1430. The molecule has 48 heavy (non-hydrogen) atoms. The molecule has 2 aromatic rings. The van der Waals surface area contributed by atoms with Gasteiger partial charge in [0.25, 0.3) is 0 Å². The molecular weight excluding hydrogens is 629 g/mol. The van der Waals surface area contributed by atoms with Crippen LogP contribution in [0.5, 0.6) is 0 Å². The van der Waals surface area contributed by atoms with Crippen molar-refractivity contribution in [2.45, 2.75) is 57.2 Å². The number of piperidine rings is 1. The van der Waals surface area contributed by atoms with Gasteiger partial charge in [-0.1, -0.05) is 12.1 Å². The average molecular weight is 673 g/mol. The number of carbonyl (C=O) groups is 2. The number of carbonyl (C=O) groups excluding carboxylic acids is 2. The lowest BCUT2D eigenvalue weighted by molar-refractivity contribution is -0.144. The molecule has 1 aromatic carbocycles. The second-order valence-corrected chi connectivity index (χ2v) is 11.9. The van der Waals surface area contributed by atoms with Crippen molar-refractivity contribution in [1.82, 2.24) is 25.9 Å². The molecule has 2 saturated heterocycles. The van der Waals surface area contributed by atoms with Gasteiger partial charge in [-0.25, -0.2) is 14.8 Å². The van der Waals surface area contributed by atoms with Crippen molar-refractivity contribution in [3.8, 4) is 6.07 Å². The maximum atomic E-state index is 13.9. The van der Waals surface area contributed by atoms with Gasteiger partial charge in [-0.05, 0) is 62.1 Å². The van der Waals surface area contributed by atoms with Crippen LogP contribution in [0.3, 0.4) is 0 Å². The third-order valence-electron chi connectivity index (χ3n) is 8.41. The Kier molecular flexibility index (Phi) is 13.2. The maximum absolute atomic E-state index is 13.9. The third-order valence-corrected chi connectivity index (χ3v) is 8.41. The first kappa shape index (κ1) is 36.2. The molecule has 260 valence electrons. The number of amides is 3. The van der Waals surface area contributed by atoms with Crippen molar-refractivity contribution >= 4 is 29.4 Å². The number of nitrogens with two attached hydrogens (primary N) is 1. The number of nitrogens with one attached hydrogen (secondary N) is 4. The number of aromatic nitrogens is 2. The number of nitrogens with zero attached hydrogens (tertiary/aromatic N) is 5. The van der Waals surface area contributed by atoms with Gasteiger partial charge in [0.05, 0.1) is 24.1 Å². The number of benzene rings is 1. The van der Waals surface area contributed by atoms with Crippen molar-refractivity contribution in [3.05, 3.63) is 47.3 Å². The molecule has 6 N–H and O–H groups in total. The third kappa shape index (κ3) is 11.0. The largest absolute Gasteiger partial charge is 0.451 e. The van der Waals surface area contributed by atoms with E-state index in [0.29, 0.717) is 89.6 Å². The van der Waals surface area contributed by atoms with Gasteiger partial charge in [-0.15, -0.1) is 0 Å². The van der Waals surface area contributed by atoms with Crippen LogP contribution in [-0.2, 0) is 22.1 Å². The molecule has 0 spiro atoms. The van der Waals surface area contributed by atoms with Gasteiger partial charge in [0.15, 0.2) is 0 Å². The number of hydrogen-bond acceptors (Lipinski definition) is 9. The van der Waals surface area contributed by atoms with Crippen molar-refractivity contribution < 1.29 is 27.5 Å². The van der Waals surface area contributed by atoms with E-state index < -0.39 is 18.0 Å². The van der Waals surface area contributed by atoms with E-state index >= 15 is 0 Å². The summed E-state index contributed by atoms with van der Waals surface area (Å²) in [6, 6.07) is 9.73. The summed E-state index contributed by atoms with van der Waals surface area (Å²) in [7, 11) is 0. The molecule has 2 fully saturated rings. The standard InChI is InChI=1S/C32H43F3N10O3/c33-32(34,35)30-42-27(44-15-9-23(10-16-44)8-13-40-31(47)41-14-19-48-18-1-2-26(37)38)20-28(43-30)45-17-11-25(45)29(46)39-12-7-22-3-5-24(21-36)6-4-22/h3-6,20,23,25H,1-2,7-19H2,(H3,37,38)(H,39,46)(H2,40,41,47)/t25-/m0/s1. The minimum Gasteiger partial charge on any atom is -0.388 e. The van der Waals surface area contributed by atoms with Crippen molar-refractivity contribution in [2.75, 3.05) is 62.3 Å². The van der Waals surface area contributed by atoms with E-state index in [9.17, 15) is 22.8 Å². The number of urea groups is 1. The molecule has 16 heteroatoms. The highest BCUT2D eigenvalue weighted by Gasteiger charge is 2.40. The average Bonchev–Trinajstić information content (AvgIpc) is 3.04. The van der Waals surface area contributed by atoms with Crippen LogP contribution in [0.4, 0.5) is 29.6 Å². The fourth-order valence-corrected chi connectivity index (χ4v) is 5.59. The zero-order valence-corrected chi connectivity index (χ0v) is 26.8.